The van der Waals surface area contributed by atoms with Crippen molar-refractivity contribution < 1.29 is 148 Å². The average Bonchev–Trinajstić information content (AvgIpc) is 1.60. The molecule has 0 bridgehead atoms. The zero-order valence-electron chi connectivity index (χ0n) is 52.0. The van der Waals surface area contributed by atoms with Crippen LogP contribution >= 0.6 is 0 Å². The van der Waals surface area contributed by atoms with Crippen LogP contribution in [0.1, 0.15) is 98.8 Å². The summed E-state index contributed by atoms with van der Waals surface area (Å²) in [5.41, 5.74) is 1.26. The molecular weight excluding hydrogens is 1210 g/mol. The van der Waals surface area contributed by atoms with E-state index in [1.54, 1.807) is 0 Å². The van der Waals surface area contributed by atoms with Crippen LogP contribution in [0.5, 0.6) is 0 Å². The molecule has 38 atom stereocenters. The molecule has 11 rings (SSSR count). The van der Waals surface area contributed by atoms with Crippen molar-refractivity contribution in [1.82, 2.24) is 0 Å². The third-order valence-corrected chi connectivity index (χ3v) is 22.9. The van der Waals surface area contributed by atoms with Crippen LogP contribution in [0.3, 0.4) is 0 Å². The van der Waals surface area contributed by atoms with Crippen LogP contribution < -0.4 is 0 Å². The van der Waals surface area contributed by atoms with Gasteiger partial charge < -0.3 is 148 Å². The maximum Gasteiger partial charge on any atom is 0.187 e. The van der Waals surface area contributed by atoms with Gasteiger partial charge in [0.1, 0.15) is 134 Å². The molecule has 0 amide bonds. The fourth-order valence-corrected chi connectivity index (χ4v) is 17.5. The van der Waals surface area contributed by atoms with Gasteiger partial charge in [-0.2, -0.15) is 0 Å². The fraction of sp³-hybridized carbons (Fsp3) is 0.967. The van der Waals surface area contributed by atoms with Crippen molar-refractivity contribution in [2.75, 3.05) is 39.6 Å². The monoisotopic (exact) mass is 1310 g/mol. The summed E-state index contributed by atoms with van der Waals surface area (Å²) in [4.78, 5) is 0. The quantitative estimate of drug-likeness (QED) is 0.0538. The lowest BCUT2D eigenvalue weighted by molar-refractivity contribution is -0.408. The lowest BCUT2D eigenvalue weighted by atomic mass is 9.44. The summed E-state index contributed by atoms with van der Waals surface area (Å²) < 4.78 is 79.5. The standard InChI is InChI=1S/C61H100O30/c1-22(19-79-54-47(76)44(73)41(70)34(16-62)85-54)6-9-32-23(2)37-33(84-32)15-29-27-8-7-25-14-26(10-12-60(25,4)28(27)11-13-61(29,37)5)83-58-52(90-57-48(77)43(72)38(67)24(3)82-57)49(78)50(36(18-64)87-58)88-59-53(91-56-46(75)40(69)31(66)21-81-56)51(42(71)35(17-63)86-59)89-55-45(74)39(68)30(65)20-80-55/h22,24-31,33-59,62-78H,6-21H2,1-5H3/t22-,24+,25+,26+,27-,28+,29+,30-,31+,33+,34-,35-,36-,37+,38+,39+,40+,41-,42-,43-,44+,45-,46-,47-,48-,49+,50+,51+,52-,53-,54-,55+,56+,57+,58-,59+,60+,61+/m1/s1. The minimum atomic E-state index is -1.96. The van der Waals surface area contributed by atoms with Crippen molar-refractivity contribution in [3.63, 3.8) is 0 Å². The number of fused-ring (bicyclic) bond motifs is 7. The SMILES string of the molecule is CC1=C(CC[C@@H](C)CO[C@@H]2O[C@H](CO)[C@@H](O)[C@H](O)[C@H]2O)O[C@H]2C[C@H]3[C@@H]4CC[C@H]5C[C@@H](O[C@@H]6O[C@H](CO)[C@H](O[C@@H]7O[C@H](CO)[C@@H](O)[C@H](O[C@@H]8OC[C@@H](O)[C@H](O)[C@H]8O)[C@H]7O[C@@H]7OC[C@H](O)[C@H](O)[C@H]7O)[C@H](O)[C@H]6O[C@@H]6O[C@@H](C)[C@H](O)[C@@H](O)[C@H]6O)CC[C@]5(C)[C@H]4CC[C@]3(C)[C@@H]12. The van der Waals surface area contributed by atoms with Crippen LogP contribution in [-0.4, -0.2) is 311 Å². The predicted octanol–water partition coefficient (Wildman–Crippen LogP) is -5.05. The second kappa shape index (κ2) is 28.7. The average molecular weight is 1310 g/mol. The Labute approximate surface area is 527 Å². The van der Waals surface area contributed by atoms with Gasteiger partial charge in [-0.1, -0.05) is 20.8 Å². The van der Waals surface area contributed by atoms with E-state index in [0.717, 1.165) is 50.7 Å². The first-order chi connectivity index (χ1) is 43.2. The van der Waals surface area contributed by atoms with Gasteiger partial charge in [0.2, 0.25) is 0 Å². The first-order valence-electron chi connectivity index (χ1n) is 32.7. The Hall–Kier alpha value is -1.62. The van der Waals surface area contributed by atoms with Crippen molar-refractivity contribution in [2.45, 2.75) is 283 Å². The van der Waals surface area contributed by atoms with E-state index in [1.165, 1.54) is 12.5 Å². The lowest BCUT2D eigenvalue weighted by Crippen LogP contribution is -2.68. The number of hydrogen-bond donors (Lipinski definition) is 17. The molecule has 6 saturated heterocycles. The van der Waals surface area contributed by atoms with Crippen LogP contribution in [0.4, 0.5) is 0 Å². The minimum absolute atomic E-state index is 0.0253. The summed E-state index contributed by atoms with van der Waals surface area (Å²) in [7, 11) is 0. The van der Waals surface area contributed by atoms with Crippen molar-refractivity contribution in [3.05, 3.63) is 11.3 Å². The highest BCUT2D eigenvalue weighted by molar-refractivity contribution is 5.27. The molecule has 0 unspecified atom stereocenters. The second-order valence-electron chi connectivity index (χ2n) is 28.4. The maximum absolute atomic E-state index is 12.7. The molecule has 4 aliphatic carbocycles. The van der Waals surface area contributed by atoms with E-state index in [0.29, 0.717) is 37.0 Å². The molecule has 4 saturated carbocycles. The van der Waals surface area contributed by atoms with E-state index in [9.17, 15) is 86.8 Å². The highest BCUT2D eigenvalue weighted by Crippen LogP contribution is 2.70. The third-order valence-electron chi connectivity index (χ3n) is 22.9. The number of aliphatic hydroxyl groups is 17. The van der Waals surface area contributed by atoms with E-state index < -0.39 is 211 Å². The molecule has 7 aliphatic heterocycles. The summed E-state index contributed by atoms with van der Waals surface area (Å²) in [6.45, 7) is 7.32. The van der Waals surface area contributed by atoms with Gasteiger partial charge in [0, 0.05) is 12.3 Å². The zero-order chi connectivity index (χ0) is 65.4. The van der Waals surface area contributed by atoms with E-state index in [2.05, 4.69) is 20.8 Å². The first-order valence-corrected chi connectivity index (χ1v) is 32.7. The molecule has 0 aromatic rings. The van der Waals surface area contributed by atoms with Crippen molar-refractivity contribution in [3.8, 4) is 0 Å². The lowest BCUT2D eigenvalue weighted by Gasteiger charge is -2.61. The van der Waals surface area contributed by atoms with Crippen LogP contribution in [0, 0.1) is 46.3 Å². The highest BCUT2D eigenvalue weighted by atomic mass is 16.8. The van der Waals surface area contributed by atoms with Gasteiger partial charge in [0.05, 0.1) is 57.6 Å². The smallest absolute Gasteiger partial charge is 0.187 e. The Morgan fingerprint density at radius 3 is 1.70 bits per heavy atom. The van der Waals surface area contributed by atoms with Gasteiger partial charge in [-0.05, 0) is 118 Å². The number of hydrogen-bond acceptors (Lipinski definition) is 30. The Bertz CT molecular complexity index is 2420. The molecule has 524 valence electrons. The molecule has 10 fully saturated rings. The number of aliphatic hydroxyl groups excluding tert-OH is 17. The summed E-state index contributed by atoms with van der Waals surface area (Å²) in [5.74, 6) is 2.85. The van der Waals surface area contributed by atoms with E-state index in [-0.39, 0.29) is 41.3 Å². The van der Waals surface area contributed by atoms with Crippen LogP contribution in [0.25, 0.3) is 0 Å². The van der Waals surface area contributed by atoms with E-state index >= 15 is 0 Å². The molecule has 30 nitrogen and oxygen atoms in total. The Morgan fingerprint density at radius 2 is 1.04 bits per heavy atom. The van der Waals surface area contributed by atoms with Crippen molar-refractivity contribution in [1.29, 1.82) is 0 Å². The van der Waals surface area contributed by atoms with Crippen molar-refractivity contribution in [2.24, 2.45) is 46.3 Å². The topological polar surface area (TPSA) is 464 Å². The Kier molecular flexibility index (Phi) is 22.3. The Morgan fingerprint density at radius 1 is 0.495 bits per heavy atom. The molecule has 91 heavy (non-hydrogen) atoms. The molecule has 0 spiro atoms. The van der Waals surface area contributed by atoms with Gasteiger partial charge in [0.25, 0.3) is 0 Å². The van der Waals surface area contributed by atoms with Crippen LogP contribution in [-0.2, 0) is 61.6 Å². The summed E-state index contributed by atoms with van der Waals surface area (Å²) >= 11 is 0. The molecule has 11 aliphatic rings. The summed E-state index contributed by atoms with van der Waals surface area (Å²) in [6, 6.07) is 0. The second-order valence-corrected chi connectivity index (χ2v) is 28.4. The fourth-order valence-electron chi connectivity index (χ4n) is 17.5. The predicted molar refractivity (Wildman–Crippen MR) is 302 cm³/mol. The van der Waals surface area contributed by atoms with E-state index in [1.807, 2.05) is 6.92 Å². The summed E-state index contributed by atoms with van der Waals surface area (Å²) in [5, 5.41) is 183. The van der Waals surface area contributed by atoms with Gasteiger partial charge in [-0.15, -0.1) is 0 Å². The molecule has 0 aromatic carbocycles. The minimum Gasteiger partial charge on any atom is -0.494 e. The molecule has 0 aromatic heterocycles. The largest absolute Gasteiger partial charge is 0.494 e. The number of ether oxygens (including phenoxy) is 13. The van der Waals surface area contributed by atoms with Gasteiger partial charge in [-0.3, -0.25) is 0 Å². The maximum atomic E-state index is 12.7. The zero-order valence-corrected chi connectivity index (χ0v) is 52.0. The first kappa shape index (κ1) is 70.7. The van der Waals surface area contributed by atoms with Crippen LogP contribution in [0.2, 0.25) is 0 Å². The van der Waals surface area contributed by atoms with Crippen molar-refractivity contribution >= 4 is 0 Å². The normalized spacial score (nSPS) is 53.8. The molecule has 0 radical (unpaired) electrons. The van der Waals surface area contributed by atoms with Gasteiger partial charge >= 0.3 is 0 Å². The molecule has 7 heterocycles. The van der Waals surface area contributed by atoms with Gasteiger partial charge in [0.15, 0.2) is 37.7 Å². The van der Waals surface area contributed by atoms with Gasteiger partial charge in [-0.25, -0.2) is 0 Å². The molecule has 17 N–H and O–H groups in total. The van der Waals surface area contributed by atoms with Crippen LogP contribution in [0.15, 0.2) is 11.3 Å². The number of rotatable bonds is 19. The summed E-state index contributed by atoms with van der Waals surface area (Å²) in [6.07, 6.45) is -38.6. The third kappa shape index (κ3) is 13.5. The molecular formula is C61H100O30. The number of allylic oxidation sites excluding steroid dienone is 1. The Balaban J connectivity index is 0.776. The van der Waals surface area contributed by atoms with E-state index in [4.69, 9.17) is 61.6 Å². The highest BCUT2D eigenvalue weighted by Gasteiger charge is 2.66. The molecule has 30 heteroatoms.